The van der Waals surface area contributed by atoms with E-state index in [4.69, 9.17) is 4.74 Å². The third-order valence-corrected chi connectivity index (χ3v) is 6.44. The molecule has 0 aliphatic rings. The predicted octanol–water partition coefficient (Wildman–Crippen LogP) is 3.62. The number of non-ortho nitro benzene ring substituents is 1. The molecule has 0 unspecified atom stereocenters. The molecule has 33 heavy (non-hydrogen) atoms. The van der Waals surface area contributed by atoms with E-state index in [0.29, 0.717) is 0 Å². The van der Waals surface area contributed by atoms with Gasteiger partial charge in [-0.2, -0.15) is 0 Å². The Kier molecular flexibility index (Phi) is 7.17. The number of sulfonamides is 1. The van der Waals surface area contributed by atoms with Crippen molar-refractivity contribution < 1.29 is 22.9 Å². The number of rotatable bonds is 9. The molecule has 0 aliphatic carbocycles. The van der Waals surface area contributed by atoms with Crippen LogP contribution in [-0.4, -0.2) is 38.7 Å². The number of nitro groups is 1. The van der Waals surface area contributed by atoms with Crippen molar-refractivity contribution in [1.29, 1.82) is 0 Å². The number of amides is 1. The molecule has 0 aliphatic heterocycles. The number of anilines is 1. The highest BCUT2D eigenvalue weighted by Crippen LogP contribution is 2.35. The lowest BCUT2D eigenvalue weighted by Gasteiger charge is -2.31. The van der Waals surface area contributed by atoms with Gasteiger partial charge in [0.25, 0.3) is 5.69 Å². The summed E-state index contributed by atoms with van der Waals surface area (Å²) in [7, 11) is -2.67. The van der Waals surface area contributed by atoms with Crippen LogP contribution in [-0.2, 0) is 21.4 Å². The normalized spacial score (nSPS) is 12.2. The summed E-state index contributed by atoms with van der Waals surface area (Å²) in [6.45, 7) is 1.87. The summed E-state index contributed by atoms with van der Waals surface area (Å²) in [6, 6.07) is 16.0. The summed E-state index contributed by atoms with van der Waals surface area (Å²) >= 11 is 0. The smallest absolute Gasteiger partial charge is 0.271 e. The molecule has 1 amide bonds. The average molecular weight is 472 g/mol. The van der Waals surface area contributed by atoms with E-state index in [2.05, 4.69) is 5.32 Å². The summed E-state index contributed by atoms with van der Waals surface area (Å²) in [5.74, 6) is -0.421. The highest BCUT2D eigenvalue weighted by Gasteiger charge is 2.34. The van der Waals surface area contributed by atoms with Crippen molar-refractivity contribution in [3.8, 4) is 5.75 Å². The van der Waals surface area contributed by atoms with Gasteiger partial charge in [-0.3, -0.25) is 19.2 Å². The Bertz CT molecular complexity index is 1290. The van der Waals surface area contributed by atoms with Crippen LogP contribution in [0.3, 0.4) is 0 Å². The van der Waals surface area contributed by atoms with E-state index in [1.54, 1.807) is 6.92 Å². The van der Waals surface area contributed by atoms with E-state index in [9.17, 15) is 23.3 Å². The summed E-state index contributed by atoms with van der Waals surface area (Å²) < 4.78 is 31.6. The molecule has 1 atom stereocenters. The minimum Gasteiger partial charge on any atom is -0.495 e. The van der Waals surface area contributed by atoms with Gasteiger partial charge in [0, 0.05) is 18.7 Å². The van der Waals surface area contributed by atoms with Crippen LogP contribution < -0.4 is 14.4 Å². The number of ether oxygens (including phenoxy) is 1. The van der Waals surface area contributed by atoms with Gasteiger partial charge >= 0.3 is 0 Å². The molecule has 0 heterocycles. The van der Waals surface area contributed by atoms with Gasteiger partial charge in [-0.05, 0) is 28.8 Å². The Balaban J connectivity index is 1.96. The predicted molar refractivity (Wildman–Crippen MR) is 127 cm³/mol. The van der Waals surface area contributed by atoms with Gasteiger partial charge in [0.1, 0.15) is 17.5 Å². The Hall–Kier alpha value is -3.66. The number of nitrogens with zero attached hydrogens (tertiary/aromatic N) is 2. The standard InChI is InChI=1S/C23H25N3O6S/c1-4-20(23(27)24-15-17-10-7-9-16-8-5-6-11-19(16)17)25(33(3,30)31)21-14-18(26(28)29)12-13-22(21)32-2/h5-14,20H,4,15H2,1-3H3,(H,24,27)/t20-/m1/s1. The SMILES string of the molecule is CC[C@H](C(=O)NCc1cccc2ccccc12)N(c1cc([N+](=O)[O-])ccc1OC)S(C)(=O)=O. The molecule has 0 bridgehead atoms. The number of fused-ring (bicyclic) bond motifs is 1. The van der Waals surface area contributed by atoms with Crippen LogP contribution >= 0.6 is 0 Å². The number of hydrogen-bond donors (Lipinski definition) is 1. The molecule has 174 valence electrons. The second kappa shape index (κ2) is 9.86. The van der Waals surface area contributed by atoms with Crippen molar-refractivity contribution in [3.05, 3.63) is 76.3 Å². The van der Waals surface area contributed by atoms with Gasteiger partial charge in [-0.15, -0.1) is 0 Å². The van der Waals surface area contributed by atoms with E-state index >= 15 is 0 Å². The van der Waals surface area contributed by atoms with E-state index in [1.807, 2.05) is 42.5 Å². The number of nitro benzene ring substituents is 1. The van der Waals surface area contributed by atoms with Crippen LogP contribution in [0.1, 0.15) is 18.9 Å². The third kappa shape index (κ3) is 5.23. The van der Waals surface area contributed by atoms with E-state index in [1.165, 1.54) is 19.2 Å². The molecule has 3 rings (SSSR count). The summed E-state index contributed by atoms with van der Waals surface area (Å²) in [6.07, 6.45) is 1.09. The van der Waals surface area contributed by atoms with E-state index in [-0.39, 0.29) is 30.1 Å². The quantitative estimate of drug-likeness (QED) is 0.376. The van der Waals surface area contributed by atoms with E-state index in [0.717, 1.165) is 33.0 Å². The molecular formula is C23H25N3O6S. The molecule has 0 fully saturated rings. The van der Waals surface area contributed by atoms with Crippen molar-refractivity contribution in [1.82, 2.24) is 5.32 Å². The topological polar surface area (TPSA) is 119 Å². The van der Waals surface area contributed by atoms with Gasteiger partial charge in [0.05, 0.1) is 18.3 Å². The molecule has 0 saturated heterocycles. The van der Waals surface area contributed by atoms with Crippen LogP contribution in [0, 0.1) is 10.1 Å². The molecule has 3 aromatic rings. The number of carbonyl (C=O) groups is 1. The summed E-state index contributed by atoms with van der Waals surface area (Å²) in [5, 5.41) is 16.1. The van der Waals surface area contributed by atoms with Crippen molar-refractivity contribution in [2.24, 2.45) is 0 Å². The van der Waals surface area contributed by atoms with Crippen molar-refractivity contribution in [3.63, 3.8) is 0 Å². The molecule has 0 spiro atoms. The summed E-state index contributed by atoms with van der Waals surface area (Å²) in [5.41, 5.74) is 0.502. The Labute approximate surface area is 192 Å². The first-order valence-corrected chi connectivity index (χ1v) is 12.1. The van der Waals surface area contributed by atoms with Crippen LogP contribution in [0.25, 0.3) is 10.8 Å². The van der Waals surface area contributed by atoms with Crippen LogP contribution in [0.15, 0.2) is 60.7 Å². The van der Waals surface area contributed by atoms with Crippen molar-refractivity contribution >= 4 is 38.1 Å². The maximum Gasteiger partial charge on any atom is 0.271 e. The third-order valence-electron chi connectivity index (χ3n) is 5.27. The minimum atomic E-state index is -4.00. The Morgan fingerprint density at radius 3 is 2.48 bits per heavy atom. The Morgan fingerprint density at radius 2 is 1.85 bits per heavy atom. The highest BCUT2D eigenvalue weighted by atomic mass is 32.2. The van der Waals surface area contributed by atoms with Gasteiger partial charge < -0.3 is 10.1 Å². The number of benzene rings is 3. The van der Waals surface area contributed by atoms with Crippen LogP contribution in [0.4, 0.5) is 11.4 Å². The van der Waals surface area contributed by atoms with E-state index < -0.39 is 26.9 Å². The molecule has 0 saturated carbocycles. The average Bonchev–Trinajstić information content (AvgIpc) is 2.79. The zero-order chi connectivity index (χ0) is 24.2. The second-order valence-corrected chi connectivity index (χ2v) is 9.31. The van der Waals surface area contributed by atoms with Crippen LogP contribution in [0.2, 0.25) is 0 Å². The molecule has 3 aromatic carbocycles. The minimum absolute atomic E-state index is 0.0682. The second-order valence-electron chi connectivity index (χ2n) is 7.45. The van der Waals surface area contributed by atoms with Gasteiger partial charge in [0.2, 0.25) is 15.9 Å². The molecule has 9 nitrogen and oxygen atoms in total. The molecule has 0 aromatic heterocycles. The zero-order valence-corrected chi connectivity index (χ0v) is 19.3. The first-order valence-electron chi connectivity index (χ1n) is 10.2. The fourth-order valence-electron chi connectivity index (χ4n) is 3.75. The largest absolute Gasteiger partial charge is 0.495 e. The van der Waals surface area contributed by atoms with Crippen molar-refractivity contribution in [2.75, 3.05) is 17.7 Å². The molecule has 1 N–H and O–H groups in total. The lowest BCUT2D eigenvalue weighted by molar-refractivity contribution is -0.384. The maximum atomic E-state index is 13.2. The lowest BCUT2D eigenvalue weighted by Crippen LogP contribution is -2.49. The fraction of sp³-hybridized carbons (Fsp3) is 0.261. The number of hydrogen-bond acceptors (Lipinski definition) is 6. The van der Waals surface area contributed by atoms with Crippen molar-refractivity contribution in [2.45, 2.75) is 25.9 Å². The number of carbonyl (C=O) groups excluding carboxylic acids is 1. The fourth-order valence-corrected chi connectivity index (χ4v) is 4.95. The van der Waals surface area contributed by atoms with Gasteiger partial charge in [-0.25, -0.2) is 8.42 Å². The summed E-state index contributed by atoms with van der Waals surface area (Å²) in [4.78, 5) is 23.8. The molecule has 0 radical (unpaired) electrons. The molecule has 10 heteroatoms. The number of nitrogens with one attached hydrogen (secondary N) is 1. The maximum absolute atomic E-state index is 13.2. The van der Waals surface area contributed by atoms with Crippen LogP contribution in [0.5, 0.6) is 5.75 Å². The monoisotopic (exact) mass is 471 g/mol. The first kappa shape index (κ1) is 24.0. The highest BCUT2D eigenvalue weighted by molar-refractivity contribution is 7.92. The zero-order valence-electron chi connectivity index (χ0n) is 18.5. The van der Waals surface area contributed by atoms with Gasteiger partial charge in [0.15, 0.2) is 0 Å². The Morgan fingerprint density at radius 1 is 1.15 bits per heavy atom. The van der Waals surface area contributed by atoms with Gasteiger partial charge in [-0.1, -0.05) is 49.4 Å². The lowest BCUT2D eigenvalue weighted by atomic mass is 10.0. The number of methoxy groups -OCH3 is 1. The molecular weight excluding hydrogens is 446 g/mol. The first-order chi connectivity index (χ1) is 15.7.